The number of benzene rings is 1. The van der Waals surface area contributed by atoms with Crippen molar-refractivity contribution in [3.63, 3.8) is 0 Å². The molecular weight excluding hydrogens is 266 g/mol. The summed E-state index contributed by atoms with van der Waals surface area (Å²) < 4.78 is 0. The molecule has 0 saturated heterocycles. The summed E-state index contributed by atoms with van der Waals surface area (Å²) in [6.07, 6.45) is 2.10. The number of nitrogens with one attached hydrogen (secondary N) is 3. The molecule has 1 fully saturated rings. The van der Waals surface area contributed by atoms with Crippen LogP contribution in [0.2, 0.25) is 0 Å². The number of para-hydroxylation sites is 1. The summed E-state index contributed by atoms with van der Waals surface area (Å²) in [5.74, 6) is -0.310. The van der Waals surface area contributed by atoms with Crippen LogP contribution in [0.5, 0.6) is 0 Å². The predicted molar refractivity (Wildman–Crippen MR) is 76.4 cm³/mol. The molecule has 1 aliphatic carbocycles. The van der Waals surface area contributed by atoms with E-state index in [4.69, 9.17) is 0 Å². The molecule has 2 amide bonds. The van der Waals surface area contributed by atoms with Crippen molar-refractivity contribution >= 4 is 29.9 Å². The Bertz CT molecular complexity index is 421. The molecule has 0 unspecified atom stereocenters. The number of carbonyl (C=O) groups is 2. The molecule has 2 rings (SSSR count). The van der Waals surface area contributed by atoms with Gasteiger partial charge < -0.3 is 16.0 Å². The van der Waals surface area contributed by atoms with Crippen LogP contribution in [0.3, 0.4) is 0 Å². The van der Waals surface area contributed by atoms with E-state index in [0.29, 0.717) is 6.04 Å². The maximum absolute atomic E-state index is 11.5. The number of anilines is 1. The number of hydrogen-bond donors (Lipinski definition) is 3. The maximum Gasteiger partial charge on any atom is 0.239 e. The van der Waals surface area contributed by atoms with E-state index in [1.807, 2.05) is 30.3 Å². The van der Waals surface area contributed by atoms with Gasteiger partial charge in [-0.1, -0.05) is 18.2 Å². The molecule has 3 N–H and O–H groups in total. The fourth-order valence-electron chi connectivity index (χ4n) is 1.49. The summed E-state index contributed by atoms with van der Waals surface area (Å²) in [7, 11) is 0. The summed E-state index contributed by atoms with van der Waals surface area (Å²) in [4.78, 5) is 22.8. The first-order valence-electron chi connectivity index (χ1n) is 6.09. The van der Waals surface area contributed by atoms with Gasteiger partial charge in [-0.25, -0.2) is 0 Å². The molecule has 5 nitrogen and oxygen atoms in total. The van der Waals surface area contributed by atoms with E-state index in [-0.39, 0.29) is 37.3 Å². The lowest BCUT2D eigenvalue weighted by molar-refractivity contribution is -0.125. The number of hydrogen-bond acceptors (Lipinski definition) is 3. The first-order valence-corrected chi connectivity index (χ1v) is 6.09. The molecule has 0 bridgehead atoms. The number of amides is 2. The number of carbonyl (C=O) groups excluding carboxylic acids is 2. The van der Waals surface area contributed by atoms with Gasteiger partial charge in [0.2, 0.25) is 11.8 Å². The van der Waals surface area contributed by atoms with Gasteiger partial charge >= 0.3 is 0 Å². The van der Waals surface area contributed by atoms with Crippen LogP contribution >= 0.6 is 12.4 Å². The van der Waals surface area contributed by atoms with Crippen LogP contribution < -0.4 is 16.0 Å². The lowest BCUT2D eigenvalue weighted by Crippen LogP contribution is -2.39. The average molecular weight is 284 g/mol. The van der Waals surface area contributed by atoms with Crippen molar-refractivity contribution < 1.29 is 9.59 Å². The zero-order valence-electron chi connectivity index (χ0n) is 10.5. The third-order valence-electron chi connectivity index (χ3n) is 2.62. The van der Waals surface area contributed by atoms with Crippen LogP contribution in [0, 0.1) is 0 Å². The highest BCUT2D eigenvalue weighted by Gasteiger charge is 2.22. The van der Waals surface area contributed by atoms with E-state index in [2.05, 4.69) is 16.0 Å². The second-order valence-electron chi connectivity index (χ2n) is 4.34. The highest BCUT2D eigenvalue weighted by atomic mass is 35.5. The van der Waals surface area contributed by atoms with Gasteiger partial charge in [0.25, 0.3) is 0 Å². The Hall–Kier alpha value is -1.75. The molecule has 19 heavy (non-hydrogen) atoms. The normalized spacial score (nSPS) is 13.1. The molecule has 1 aromatic carbocycles. The first kappa shape index (κ1) is 15.3. The fraction of sp³-hybridized carbons (Fsp3) is 0.385. The molecular formula is C13H18ClN3O2. The average Bonchev–Trinajstić information content (AvgIpc) is 3.19. The van der Waals surface area contributed by atoms with Crippen LogP contribution in [0.25, 0.3) is 0 Å². The SMILES string of the molecule is Cl.O=C(CNc1ccccc1)NCC(=O)NC1CC1. The molecule has 0 spiro atoms. The minimum Gasteiger partial charge on any atom is -0.376 e. The molecule has 1 aliphatic rings. The van der Waals surface area contributed by atoms with E-state index in [0.717, 1.165) is 18.5 Å². The molecule has 0 atom stereocenters. The Labute approximate surface area is 118 Å². The minimum atomic E-state index is -0.190. The van der Waals surface area contributed by atoms with Crippen LogP contribution in [-0.2, 0) is 9.59 Å². The Morgan fingerprint density at radius 1 is 1.05 bits per heavy atom. The van der Waals surface area contributed by atoms with Crippen molar-refractivity contribution in [3.8, 4) is 0 Å². The first-order chi connectivity index (χ1) is 8.74. The molecule has 6 heteroatoms. The molecule has 104 valence electrons. The number of rotatable bonds is 6. The van der Waals surface area contributed by atoms with Gasteiger partial charge in [-0.3, -0.25) is 9.59 Å². The Morgan fingerprint density at radius 3 is 2.37 bits per heavy atom. The largest absolute Gasteiger partial charge is 0.376 e. The lowest BCUT2D eigenvalue weighted by Gasteiger charge is -2.07. The molecule has 1 aromatic rings. The summed E-state index contributed by atoms with van der Waals surface area (Å²) in [6, 6.07) is 9.79. The van der Waals surface area contributed by atoms with Crippen LogP contribution in [0.15, 0.2) is 30.3 Å². The Morgan fingerprint density at radius 2 is 1.74 bits per heavy atom. The summed E-state index contributed by atoms with van der Waals surface area (Å²) in [5, 5.41) is 8.36. The Balaban J connectivity index is 0.00000180. The number of halogens is 1. The lowest BCUT2D eigenvalue weighted by atomic mass is 10.3. The third kappa shape index (κ3) is 6.10. The zero-order chi connectivity index (χ0) is 12.8. The van der Waals surface area contributed by atoms with Gasteiger partial charge in [-0.15, -0.1) is 12.4 Å². The third-order valence-corrected chi connectivity index (χ3v) is 2.62. The van der Waals surface area contributed by atoms with Crippen LogP contribution in [0.1, 0.15) is 12.8 Å². The van der Waals surface area contributed by atoms with Gasteiger partial charge in [-0.2, -0.15) is 0 Å². The highest BCUT2D eigenvalue weighted by Crippen LogP contribution is 2.18. The predicted octanol–water partition coefficient (Wildman–Crippen LogP) is 0.915. The standard InChI is InChI=1S/C13H17N3O2.ClH/c17-12(8-14-10-4-2-1-3-5-10)15-9-13(18)16-11-6-7-11;/h1-5,11,14H,6-9H2,(H,15,17)(H,16,18);1H. The summed E-state index contributed by atoms with van der Waals surface area (Å²) >= 11 is 0. The quantitative estimate of drug-likeness (QED) is 0.727. The highest BCUT2D eigenvalue weighted by molar-refractivity contribution is 5.87. The second-order valence-corrected chi connectivity index (χ2v) is 4.34. The fourth-order valence-corrected chi connectivity index (χ4v) is 1.49. The van der Waals surface area contributed by atoms with Gasteiger partial charge in [-0.05, 0) is 25.0 Å². The van der Waals surface area contributed by atoms with Crippen molar-refractivity contribution in [1.29, 1.82) is 0 Å². The van der Waals surface area contributed by atoms with E-state index in [1.54, 1.807) is 0 Å². The zero-order valence-corrected chi connectivity index (χ0v) is 11.3. The van der Waals surface area contributed by atoms with E-state index >= 15 is 0 Å². The van der Waals surface area contributed by atoms with Gasteiger partial charge in [0.15, 0.2) is 0 Å². The topological polar surface area (TPSA) is 70.2 Å². The van der Waals surface area contributed by atoms with Gasteiger partial charge in [0, 0.05) is 11.7 Å². The minimum absolute atomic E-state index is 0. The smallest absolute Gasteiger partial charge is 0.239 e. The maximum atomic E-state index is 11.5. The Kier molecular flexibility index (Phi) is 6.15. The van der Waals surface area contributed by atoms with Crippen molar-refractivity contribution in [2.24, 2.45) is 0 Å². The molecule has 0 aromatic heterocycles. The van der Waals surface area contributed by atoms with Crippen LogP contribution in [0.4, 0.5) is 5.69 Å². The van der Waals surface area contributed by atoms with Crippen molar-refractivity contribution in [2.75, 3.05) is 18.4 Å². The van der Waals surface area contributed by atoms with E-state index < -0.39 is 0 Å². The molecule has 0 aliphatic heterocycles. The molecule has 0 heterocycles. The molecule has 1 saturated carbocycles. The van der Waals surface area contributed by atoms with Crippen LogP contribution in [-0.4, -0.2) is 30.9 Å². The van der Waals surface area contributed by atoms with Crippen molar-refractivity contribution in [1.82, 2.24) is 10.6 Å². The summed E-state index contributed by atoms with van der Waals surface area (Å²) in [6.45, 7) is 0.215. The van der Waals surface area contributed by atoms with E-state index in [1.165, 1.54) is 0 Å². The van der Waals surface area contributed by atoms with Crippen molar-refractivity contribution in [2.45, 2.75) is 18.9 Å². The van der Waals surface area contributed by atoms with Gasteiger partial charge in [0.05, 0.1) is 13.1 Å². The van der Waals surface area contributed by atoms with Gasteiger partial charge in [0.1, 0.15) is 0 Å². The van der Waals surface area contributed by atoms with E-state index in [9.17, 15) is 9.59 Å². The monoisotopic (exact) mass is 283 g/mol. The molecule has 0 radical (unpaired) electrons. The van der Waals surface area contributed by atoms with Crippen molar-refractivity contribution in [3.05, 3.63) is 30.3 Å². The second kappa shape index (κ2) is 7.63. The summed E-state index contributed by atoms with van der Waals surface area (Å²) in [5.41, 5.74) is 0.884.